The number of nitrogens with one attached hydrogen (secondary N) is 1. The smallest absolute Gasteiger partial charge is 0.325 e. The Balaban J connectivity index is 2.21. The van der Waals surface area contributed by atoms with E-state index in [1.165, 1.54) is 7.11 Å². The van der Waals surface area contributed by atoms with E-state index in [1.807, 2.05) is 31.2 Å². The lowest BCUT2D eigenvalue weighted by atomic mass is 9.83. The molecule has 2 atom stereocenters. The summed E-state index contributed by atoms with van der Waals surface area (Å²) in [5.41, 5.74) is 2.04. The maximum Gasteiger partial charge on any atom is 0.325 e. The molecule has 2 amide bonds. The number of hydrogen-bond acceptors (Lipinski definition) is 4. The highest BCUT2D eigenvalue weighted by Gasteiger charge is 2.38. The van der Waals surface area contributed by atoms with Crippen LogP contribution in [0, 0.1) is 12.8 Å². The molecule has 6 heteroatoms. The normalized spacial score (nSPS) is 21.0. The van der Waals surface area contributed by atoms with Gasteiger partial charge in [-0.25, -0.2) is 0 Å². The molecule has 0 aliphatic carbocycles. The molecule has 0 unspecified atom stereocenters. The summed E-state index contributed by atoms with van der Waals surface area (Å²) >= 11 is 0. The number of carbonyl (C=O) groups is 3. The number of aryl methyl sites for hydroxylation is 1. The highest BCUT2D eigenvalue weighted by Crippen LogP contribution is 2.35. The fourth-order valence-electron chi connectivity index (χ4n) is 2.89. The molecule has 1 saturated heterocycles. The van der Waals surface area contributed by atoms with Gasteiger partial charge in [0.25, 0.3) is 0 Å². The van der Waals surface area contributed by atoms with Crippen molar-refractivity contribution < 1.29 is 19.1 Å². The van der Waals surface area contributed by atoms with Crippen LogP contribution < -0.4 is 5.32 Å². The quantitative estimate of drug-likeness (QED) is 0.846. The summed E-state index contributed by atoms with van der Waals surface area (Å²) in [5.74, 6) is -1.09. The molecule has 1 fully saturated rings. The molecule has 0 saturated carbocycles. The molecule has 6 nitrogen and oxygen atoms in total. The molecule has 1 aliphatic heterocycles. The number of nitrogens with zero attached hydrogens (tertiary/aromatic N) is 1. The molecule has 1 N–H and O–H groups in total. The fraction of sp³-hybridized carbons (Fsp3) is 0.471. The minimum atomic E-state index is -0.495. The molecule has 0 radical (unpaired) electrons. The average molecular weight is 318 g/mol. The van der Waals surface area contributed by atoms with Gasteiger partial charge in [0.1, 0.15) is 6.54 Å². The Kier molecular flexibility index (Phi) is 5.36. The van der Waals surface area contributed by atoms with E-state index in [0.29, 0.717) is 12.8 Å². The second-order valence-electron chi connectivity index (χ2n) is 5.80. The van der Waals surface area contributed by atoms with E-state index in [2.05, 4.69) is 10.1 Å². The van der Waals surface area contributed by atoms with Gasteiger partial charge in [-0.3, -0.25) is 14.4 Å². The average Bonchev–Trinajstić information content (AvgIpc) is 2.55. The molecular formula is C17H22N2O4. The summed E-state index contributed by atoms with van der Waals surface area (Å²) in [7, 11) is 2.99. The van der Waals surface area contributed by atoms with E-state index in [0.717, 1.165) is 11.1 Å². The monoisotopic (exact) mass is 318 g/mol. The summed E-state index contributed by atoms with van der Waals surface area (Å²) < 4.78 is 4.53. The first-order valence-electron chi connectivity index (χ1n) is 7.60. The number of esters is 1. The third kappa shape index (κ3) is 3.88. The van der Waals surface area contributed by atoms with Crippen LogP contribution in [0.1, 0.15) is 30.0 Å². The molecule has 1 aliphatic rings. The van der Waals surface area contributed by atoms with Crippen molar-refractivity contribution in [2.75, 3.05) is 20.7 Å². The van der Waals surface area contributed by atoms with E-state index in [9.17, 15) is 14.4 Å². The van der Waals surface area contributed by atoms with Crippen molar-refractivity contribution in [2.45, 2.75) is 25.8 Å². The number of ether oxygens (including phenoxy) is 1. The zero-order valence-corrected chi connectivity index (χ0v) is 13.7. The SMILES string of the molecule is COC(=O)CNC(=O)[C@H]1CCC(=O)N(C)[C@H]1c1ccc(C)cc1. The van der Waals surface area contributed by atoms with Gasteiger partial charge in [0, 0.05) is 13.5 Å². The second kappa shape index (κ2) is 7.26. The molecule has 1 aromatic carbocycles. The van der Waals surface area contributed by atoms with E-state index in [1.54, 1.807) is 11.9 Å². The van der Waals surface area contributed by atoms with Crippen molar-refractivity contribution in [1.29, 1.82) is 0 Å². The van der Waals surface area contributed by atoms with Crippen LogP contribution in [0.3, 0.4) is 0 Å². The number of carbonyl (C=O) groups excluding carboxylic acids is 3. The van der Waals surface area contributed by atoms with E-state index in [4.69, 9.17) is 0 Å². The summed E-state index contributed by atoms with van der Waals surface area (Å²) in [6.07, 6.45) is 0.796. The number of likely N-dealkylation sites (tertiary alicyclic amines) is 1. The van der Waals surface area contributed by atoms with Crippen molar-refractivity contribution in [1.82, 2.24) is 10.2 Å². The van der Waals surface area contributed by atoms with Crippen molar-refractivity contribution in [3.8, 4) is 0 Å². The van der Waals surface area contributed by atoms with Gasteiger partial charge in [-0.05, 0) is 18.9 Å². The topological polar surface area (TPSA) is 75.7 Å². The Labute approximate surface area is 135 Å². The predicted molar refractivity (Wildman–Crippen MR) is 84.4 cm³/mol. The van der Waals surface area contributed by atoms with Crippen LogP contribution in [0.25, 0.3) is 0 Å². The van der Waals surface area contributed by atoms with Crippen molar-refractivity contribution >= 4 is 17.8 Å². The third-order valence-electron chi connectivity index (χ3n) is 4.25. The lowest BCUT2D eigenvalue weighted by Crippen LogP contribution is -2.47. The second-order valence-corrected chi connectivity index (χ2v) is 5.80. The molecule has 23 heavy (non-hydrogen) atoms. The number of methoxy groups -OCH3 is 1. The van der Waals surface area contributed by atoms with Gasteiger partial charge in [0.05, 0.1) is 19.1 Å². The fourth-order valence-corrected chi connectivity index (χ4v) is 2.89. The number of hydrogen-bond donors (Lipinski definition) is 1. The number of piperidine rings is 1. The molecular weight excluding hydrogens is 296 g/mol. The van der Waals surface area contributed by atoms with Gasteiger partial charge in [-0.15, -0.1) is 0 Å². The summed E-state index contributed by atoms with van der Waals surface area (Å²) in [5, 5.41) is 2.60. The standard InChI is InChI=1S/C17H22N2O4/c1-11-4-6-12(7-5-11)16-13(8-9-14(20)19(16)2)17(22)18-10-15(21)23-3/h4-7,13,16H,8-10H2,1-3H3,(H,18,22)/t13-,16-/m0/s1. The summed E-state index contributed by atoms with van der Waals surface area (Å²) in [6, 6.07) is 7.48. The van der Waals surface area contributed by atoms with Crippen molar-refractivity contribution in [3.63, 3.8) is 0 Å². The van der Waals surface area contributed by atoms with Crippen molar-refractivity contribution in [3.05, 3.63) is 35.4 Å². The Hall–Kier alpha value is -2.37. The molecule has 0 spiro atoms. The largest absolute Gasteiger partial charge is 0.468 e. The lowest BCUT2D eigenvalue weighted by molar-refractivity contribution is -0.145. The maximum atomic E-state index is 12.5. The first-order valence-corrected chi connectivity index (χ1v) is 7.60. The van der Waals surface area contributed by atoms with Crippen LogP contribution in [-0.4, -0.2) is 43.4 Å². The highest BCUT2D eigenvalue weighted by molar-refractivity contribution is 5.87. The summed E-state index contributed by atoms with van der Waals surface area (Å²) in [6.45, 7) is 1.82. The van der Waals surface area contributed by atoms with Gasteiger partial charge in [0.15, 0.2) is 0 Å². The van der Waals surface area contributed by atoms with E-state index in [-0.39, 0.29) is 30.3 Å². The third-order valence-corrected chi connectivity index (χ3v) is 4.25. The number of rotatable bonds is 4. The molecule has 1 aromatic rings. The number of benzene rings is 1. The van der Waals surface area contributed by atoms with Crippen LogP contribution in [0.15, 0.2) is 24.3 Å². The maximum absolute atomic E-state index is 12.5. The Morgan fingerprint density at radius 2 is 1.96 bits per heavy atom. The zero-order valence-electron chi connectivity index (χ0n) is 13.7. The molecule has 0 aromatic heterocycles. The Bertz CT molecular complexity index is 597. The lowest BCUT2D eigenvalue weighted by Gasteiger charge is -2.38. The van der Waals surface area contributed by atoms with Crippen LogP contribution in [0.5, 0.6) is 0 Å². The van der Waals surface area contributed by atoms with Crippen molar-refractivity contribution in [2.24, 2.45) is 5.92 Å². The van der Waals surface area contributed by atoms with Crippen LogP contribution in [-0.2, 0) is 19.1 Å². The van der Waals surface area contributed by atoms with Gasteiger partial charge in [0.2, 0.25) is 11.8 Å². The van der Waals surface area contributed by atoms with Crippen LogP contribution >= 0.6 is 0 Å². The highest BCUT2D eigenvalue weighted by atomic mass is 16.5. The summed E-state index contributed by atoms with van der Waals surface area (Å²) in [4.78, 5) is 37.3. The molecule has 0 bridgehead atoms. The molecule has 124 valence electrons. The van der Waals surface area contributed by atoms with Gasteiger partial charge < -0.3 is 15.0 Å². The molecule has 1 heterocycles. The van der Waals surface area contributed by atoms with Gasteiger partial charge >= 0.3 is 5.97 Å². The Morgan fingerprint density at radius 3 is 2.57 bits per heavy atom. The zero-order chi connectivity index (χ0) is 17.0. The van der Waals surface area contributed by atoms with Gasteiger partial charge in [-0.2, -0.15) is 0 Å². The Morgan fingerprint density at radius 1 is 1.30 bits per heavy atom. The molecule has 2 rings (SSSR count). The first kappa shape index (κ1) is 17.0. The van der Waals surface area contributed by atoms with Crippen LogP contribution in [0.4, 0.5) is 0 Å². The first-order chi connectivity index (χ1) is 10.9. The predicted octanol–water partition coefficient (Wildman–Crippen LogP) is 1.19. The van der Waals surface area contributed by atoms with Gasteiger partial charge in [-0.1, -0.05) is 29.8 Å². The van der Waals surface area contributed by atoms with Crippen LogP contribution in [0.2, 0.25) is 0 Å². The van der Waals surface area contributed by atoms with E-state index < -0.39 is 5.97 Å². The minimum Gasteiger partial charge on any atom is -0.468 e. The minimum absolute atomic E-state index is 0.0209. The number of amides is 2. The van der Waals surface area contributed by atoms with E-state index >= 15 is 0 Å².